The second-order valence-corrected chi connectivity index (χ2v) is 11.5. The number of imidazole rings is 1. The van der Waals surface area contributed by atoms with Crippen molar-refractivity contribution >= 4 is 27.4 Å². The average molecular weight is 589 g/mol. The van der Waals surface area contributed by atoms with Crippen LogP contribution in [0.5, 0.6) is 0 Å². The van der Waals surface area contributed by atoms with E-state index in [0.717, 1.165) is 0 Å². The number of ether oxygens (including phenoxy) is 1. The van der Waals surface area contributed by atoms with Crippen molar-refractivity contribution in [2.75, 3.05) is 38.5 Å². The molecule has 3 rings (SSSR count). The molecule has 2 aromatic rings. The molecule has 2 aromatic heterocycles. The highest BCUT2D eigenvalue weighted by atomic mass is 32.3. The highest BCUT2D eigenvalue weighted by molar-refractivity contribution is 7.80. The number of aliphatic hydroxyl groups excluding tert-OH is 2. The zero-order chi connectivity index (χ0) is 29.8. The Bertz CT molecular complexity index is 1080. The van der Waals surface area contributed by atoms with Crippen LogP contribution in [0.1, 0.15) is 85.3 Å². The highest BCUT2D eigenvalue weighted by Crippen LogP contribution is 2.32. The Morgan fingerprint density at radius 3 is 1.95 bits per heavy atom. The SMILES string of the molecule is CCCC[N+](CCCC)(CCCC)CCCC.Nc1ncnc2c1ncn2[C@@H]1O[C@H](COS(=O)(=O)[O-])[C@@H](O)[C@H]1O. The van der Waals surface area contributed by atoms with Gasteiger partial charge in [0.25, 0.3) is 0 Å². The second kappa shape index (κ2) is 16.5. The fourth-order valence-electron chi connectivity index (χ4n) is 4.95. The maximum Gasteiger partial charge on any atom is 0.217 e. The summed E-state index contributed by atoms with van der Waals surface area (Å²) in [4.78, 5) is 11.7. The first-order chi connectivity index (χ1) is 19.0. The van der Waals surface area contributed by atoms with Crippen LogP contribution in [-0.2, 0) is 19.3 Å². The summed E-state index contributed by atoms with van der Waals surface area (Å²) in [5.74, 6) is 0.124. The molecule has 230 valence electrons. The summed E-state index contributed by atoms with van der Waals surface area (Å²) in [5.41, 5.74) is 6.19. The number of quaternary nitrogens is 1. The largest absolute Gasteiger partial charge is 0.726 e. The Morgan fingerprint density at radius 1 is 0.950 bits per heavy atom. The van der Waals surface area contributed by atoms with Gasteiger partial charge >= 0.3 is 0 Å². The zero-order valence-corrected chi connectivity index (χ0v) is 25.1. The Hall–Kier alpha value is -1.94. The van der Waals surface area contributed by atoms with Crippen molar-refractivity contribution in [2.45, 2.75) is 104 Å². The van der Waals surface area contributed by atoms with Gasteiger partial charge in [0.05, 0.1) is 39.1 Å². The molecule has 0 aromatic carbocycles. The number of anilines is 1. The van der Waals surface area contributed by atoms with E-state index in [9.17, 15) is 23.2 Å². The van der Waals surface area contributed by atoms with Gasteiger partial charge in [-0.1, -0.05) is 53.4 Å². The van der Waals surface area contributed by atoms with Gasteiger partial charge in [-0.2, -0.15) is 0 Å². The van der Waals surface area contributed by atoms with Crippen molar-refractivity contribution in [2.24, 2.45) is 0 Å². The third-order valence-electron chi connectivity index (χ3n) is 7.32. The lowest BCUT2D eigenvalue weighted by Crippen LogP contribution is -2.50. The molecule has 3 heterocycles. The number of aliphatic hydroxyl groups is 2. The van der Waals surface area contributed by atoms with E-state index in [4.69, 9.17) is 10.5 Å². The molecule has 0 amide bonds. The molecule has 4 N–H and O–H groups in total. The van der Waals surface area contributed by atoms with Gasteiger partial charge in [-0.15, -0.1) is 0 Å². The minimum absolute atomic E-state index is 0.124. The summed E-state index contributed by atoms with van der Waals surface area (Å²) < 4.78 is 43.6. The summed E-state index contributed by atoms with van der Waals surface area (Å²) >= 11 is 0. The van der Waals surface area contributed by atoms with Gasteiger partial charge in [0.15, 0.2) is 17.7 Å². The lowest BCUT2D eigenvalue weighted by atomic mass is 10.1. The molecular weight excluding hydrogens is 540 g/mol. The predicted octanol–water partition coefficient (Wildman–Crippen LogP) is 2.51. The van der Waals surface area contributed by atoms with Gasteiger partial charge in [-0.25, -0.2) is 23.4 Å². The zero-order valence-electron chi connectivity index (χ0n) is 24.3. The fourth-order valence-corrected chi connectivity index (χ4v) is 5.25. The normalized spacial score (nSPS) is 21.5. The number of nitrogens with two attached hydrogens (primary N) is 1. The highest BCUT2D eigenvalue weighted by Gasteiger charge is 2.44. The Kier molecular flexibility index (Phi) is 14.1. The molecule has 1 aliphatic heterocycles. The number of hydrogen-bond acceptors (Lipinski definition) is 11. The number of hydrogen-bond donors (Lipinski definition) is 3. The Balaban J connectivity index is 0.000000296. The molecule has 13 nitrogen and oxygen atoms in total. The molecule has 1 fully saturated rings. The minimum atomic E-state index is -4.94. The number of aromatic nitrogens is 4. The molecule has 14 heteroatoms. The number of unbranched alkanes of at least 4 members (excludes halogenated alkanes) is 4. The fraction of sp³-hybridized carbons (Fsp3) is 0.808. The van der Waals surface area contributed by atoms with Gasteiger partial charge < -0.3 is 29.7 Å². The van der Waals surface area contributed by atoms with E-state index in [2.05, 4.69) is 46.8 Å². The van der Waals surface area contributed by atoms with Crippen LogP contribution in [-0.4, -0.2) is 98.3 Å². The molecule has 0 bridgehead atoms. The van der Waals surface area contributed by atoms with Crippen LogP contribution in [0.4, 0.5) is 5.82 Å². The molecule has 4 atom stereocenters. The Labute approximate surface area is 238 Å². The van der Waals surface area contributed by atoms with Gasteiger partial charge in [0.1, 0.15) is 30.2 Å². The summed E-state index contributed by atoms with van der Waals surface area (Å²) in [5, 5.41) is 20.0. The monoisotopic (exact) mass is 588 g/mol. The summed E-state index contributed by atoms with van der Waals surface area (Å²) in [6.07, 6.45) is 8.29. The molecular formula is C26H48N6O7S. The molecule has 40 heavy (non-hydrogen) atoms. The van der Waals surface area contributed by atoms with E-state index in [0.29, 0.717) is 0 Å². The van der Waals surface area contributed by atoms with Crippen LogP contribution in [0.3, 0.4) is 0 Å². The van der Waals surface area contributed by atoms with E-state index in [1.807, 2.05) is 0 Å². The number of rotatable bonds is 16. The van der Waals surface area contributed by atoms with Crippen molar-refractivity contribution < 1.29 is 36.6 Å². The standard InChI is InChI=1S/C16H36N.C10H13N5O7S/c1-5-9-13-17(14-10-6-2,15-11-7-3)16-12-8-4;11-8-5-9(13-2-12-8)15(3-14-5)10-7(17)6(16)4(22-10)1-21-23(18,19)20/h5-16H2,1-4H3;2-4,6-7,10,16-17H,1H2,(H2,11,12,13)(H,18,19,20)/q+1;/p-1/t;4-,6-,7-,10-/m.1/s1. The third kappa shape index (κ3) is 9.86. The first-order valence-electron chi connectivity index (χ1n) is 14.4. The number of nitrogen functional groups attached to an aromatic ring is 1. The molecule has 0 aliphatic carbocycles. The molecule has 0 radical (unpaired) electrons. The first kappa shape index (κ1) is 34.3. The molecule has 1 saturated heterocycles. The summed E-state index contributed by atoms with van der Waals surface area (Å²) in [6, 6.07) is 0. The van der Waals surface area contributed by atoms with E-state index in [-0.39, 0.29) is 17.0 Å². The van der Waals surface area contributed by atoms with Gasteiger partial charge in [0, 0.05) is 0 Å². The van der Waals surface area contributed by atoms with Crippen molar-refractivity contribution in [1.29, 1.82) is 0 Å². The second-order valence-electron chi connectivity index (χ2n) is 10.5. The number of nitrogens with zero attached hydrogens (tertiary/aromatic N) is 5. The van der Waals surface area contributed by atoms with E-state index in [1.165, 1.54) is 99.3 Å². The lowest BCUT2D eigenvalue weighted by Gasteiger charge is -2.39. The lowest BCUT2D eigenvalue weighted by molar-refractivity contribution is -0.929. The molecule has 1 aliphatic rings. The summed E-state index contributed by atoms with van der Waals surface area (Å²) in [7, 11) is -4.94. The Morgan fingerprint density at radius 2 is 1.48 bits per heavy atom. The quantitative estimate of drug-likeness (QED) is 0.149. The smallest absolute Gasteiger partial charge is 0.217 e. The third-order valence-corrected chi connectivity index (χ3v) is 7.74. The van der Waals surface area contributed by atoms with Crippen LogP contribution >= 0.6 is 0 Å². The van der Waals surface area contributed by atoms with Crippen molar-refractivity contribution in [3.63, 3.8) is 0 Å². The van der Waals surface area contributed by atoms with Gasteiger partial charge in [-0.3, -0.25) is 8.75 Å². The average Bonchev–Trinajstić information content (AvgIpc) is 3.48. The van der Waals surface area contributed by atoms with E-state index < -0.39 is 41.5 Å². The maximum atomic E-state index is 10.5. The van der Waals surface area contributed by atoms with Crippen LogP contribution in [0.25, 0.3) is 11.2 Å². The van der Waals surface area contributed by atoms with E-state index >= 15 is 0 Å². The van der Waals surface area contributed by atoms with Crippen LogP contribution in [0.15, 0.2) is 12.7 Å². The van der Waals surface area contributed by atoms with Crippen LogP contribution < -0.4 is 5.73 Å². The van der Waals surface area contributed by atoms with Crippen molar-refractivity contribution in [3.8, 4) is 0 Å². The van der Waals surface area contributed by atoms with E-state index in [1.54, 1.807) is 0 Å². The van der Waals surface area contributed by atoms with Crippen molar-refractivity contribution in [3.05, 3.63) is 12.7 Å². The maximum absolute atomic E-state index is 10.5. The number of fused-ring (bicyclic) bond motifs is 1. The van der Waals surface area contributed by atoms with Gasteiger partial charge in [-0.05, 0) is 25.7 Å². The molecule has 0 saturated carbocycles. The molecule has 0 spiro atoms. The predicted molar refractivity (Wildman–Crippen MR) is 151 cm³/mol. The molecule has 0 unspecified atom stereocenters. The van der Waals surface area contributed by atoms with Crippen LogP contribution in [0, 0.1) is 0 Å². The minimum Gasteiger partial charge on any atom is -0.726 e. The van der Waals surface area contributed by atoms with Crippen molar-refractivity contribution in [1.82, 2.24) is 19.5 Å². The first-order valence-corrected chi connectivity index (χ1v) is 15.8. The van der Waals surface area contributed by atoms with Crippen LogP contribution in [0.2, 0.25) is 0 Å². The van der Waals surface area contributed by atoms with Gasteiger partial charge in [0.2, 0.25) is 10.4 Å². The summed E-state index contributed by atoms with van der Waals surface area (Å²) in [6.45, 7) is 14.3. The topological polar surface area (TPSA) is 186 Å².